The van der Waals surface area contributed by atoms with Crippen LogP contribution in [0.5, 0.6) is 11.8 Å². The van der Waals surface area contributed by atoms with E-state index in [0.717, 1.165) is 36.0 Å². The van der Waals surface area contributed by atoms with Crippen LogP contribution in [0, 0.1) is 18.6 Å². The van der Waals surface area contributed by atoms with E-state index in [9.17, 15) is 8.78 Å². The Morgan fingerprint density at radius 3 is 2.50 bits per heavy atom. The number of aryl methyl sites for hydroxylation is 1. The van der Waals surface area contributed by atoms with Crippen molar-refractivity contribution >= 4 is 0 Å². The highest BCUT2D eigenvalue weighted by Gasteiger charge is 2.07. The molecule has 20 heavy (non-hydrogen) atoms. The molecule has 0 atom stereocenters. The lowest BCUT2D eigenvalue weighted by molar-refractivity contribution is 0.430. The third-order valence-electron chi connectivity index (χ3n) is 2.67. The number of hydrogen-bond acceptors (Lipinski definition) is 4. The summed E-state index contributed by atoms with van der Waals surface area (Å²) in [5, 5.41) is 3.17. The molecule has 1 aromatic heterocycles. The van der Waals surface area contributed by atoms with Gasteiger partial charge in [-0.15, -0.1) is 0 Å². The average Bonchev–Trinajstić information content (AvgIpc) is 2.36. The zero-order valence-corrected chi connectivity index (χ0v) is 11.3. The van der Waals surface area contributed by atoms with Crippen molar-refractivity contribution in [2.24, 2.45) is 0 Å². The minimum Gasteiger partial charge on any atom is -0.424 e. The molecule has 0 saturated heterocycles. The first kappa shape index (κ1) is 14.3. The summed E-state index contributed by atoms with van der Waals surface area (Å²) >= 11 is 0. The fourth-order valence-corrected chi connectivity index (χ4v) is 1.65. The average molecular weight is 279 g/mol. The molecule has 0 saturated carbocycles. The molecule has 1 N–H and O–H groups in total. The van der Waals surface area contributed by atoms with E-state index in [-0.39, 0.29) is 11.8 Å². The number of aromatic nitrogens is 2. The van der Waals surface area contributed by atoms with Gasteiger partial charge in [0.25, 0.3) is 0 Å². The molecule has 0 fully saturated rings. The third-order valence-corrected chi connectivity index (χ3v) is 2.67. The molecular weight excluding hydrogens is 264 g/mol. The van der Waals surface area contributed by atoms with Crippen molar-refractivity contribution in [3.8, 4) is 11.8 Å². The molecule has 1 aromatic carbocycles. The van der Waals surface area contributed by atoms with E-state index in [2.05, 4.69) is 15.3 Å². The highest BCUT2D eigenvalue weighted by molar-refractivity contribution is 5.27. The Bertz CT molecular complexity index is 585. The van der Waals surface area contributed by atoms with E-state index < -0.39 is 11.6 Å². The van der Waals surface area contributed by atoms with Gasteiger partial charge in [-0.2, -0.15) is 4.98 Å². The Morgan fingerprint density at radius 1 is 1.20 bits per heavy atom. The Kier molecular flexibility index (Phi) is 4.57. The van der Waals surface area contributed by atoms with Crippen molar-refractivity contribution in [1.82, 2.24) is 15.3 Å². The van der Waals surface area contributed by atoms with E-state index >= 15 is 0 Å². The first-order chi connectivity index (χ1) is 9.58. The smallest absolute Gasteiger partial charge is 0.322 e. The standard InChI is InChI=1S/C14H15F2N3O/c1-3-17-7-10-8-18-14(19-9(10)2)20-13-5-11(15)4-12(16)6-13/h4-6,8,17H,3,7H2,1-2H3. The maximum absolute atomic E-state index is 13.0. The summed E-state index contributed by atoms with van der Waals surface area (Å²) in [6.07, 6.45) is 1.63. The Labute approximate surface area is 115 Å². The van der Waals surface area contributed by atoms with Crippen LogP contribution in [0.15, 0.2) is 24.4 Å². The summed E-state index contributed by atoms with van der Waals surface area (Å²) in [7, 11) is 0. The molecular formula is C14H15F2N3O. The Hall–Kier alpha value is -2.08. The summed E-state index contributed by atoms with van der Waals surface area (Å²) < 4.78 is 31.3. The number of ether oxygens (including phenoxy) is 1. The van der Waals surface area contributed by atoms with E-state index in [0.29, 0.717) is 6.54 Å². The number of rotatable bonds is 5. The number of halogens is 2. The summed E-state index contributed by atoms with van der Waals surface area (Å²) in [5.41, 5.74) is 1.71. The van der Waals surface area contributed by atoms with Crippen molar-refractivity contribution in [3.05, 3.63) is 47.3 Å². The summed E-state index contributed by atoms with van der Waals surface area (Å²) in [6.45, 7) is 5.34. The fraction of sp³-hybridized carbons (Fsp3) is 0.286. The molecule has 4 nitrogen and oxygen atoms in total. The second kappa shape index (κ2) is 6.38. The fourth-order valence-electron chi connectivity index (χ4n) is 1.65. The lowest BCUT2D eigenvalue weighted by atomic mass is 10.2. The van der Waals surface area contributed by atoms with Crippen LogP contribution < -0.4 is 10.1 Å². The molecule has 0 aliphatic heterocycles. The Balaban J connectivity index is 2.15. The predicted octanol–water partition coefficient (Wildman–Crippen LogP) is 2.97. The van der Waals surface area contributed by atoms with Crippen LogP contribution in [0.4, 0.5) is 8.78 Å². The highest BCUT2D eigenvalue weighted by atomic mass is 19.1. The molecule has 0 aliphatic rings. The zero-order valence-electron chi connectivity index (χ0n) is 11.3. The maximum atomic E-state index is 13.0. The molecule has 0 bridgehead atoms. The molecule has 106 valence electrons. The lowest BCUT2D eigenvalue weighted by Crippen LogP contribution is -2.13. The van der Waals surface area contributed by atoms with Gasteiger partial charge < -0.3 is 10.1 Å². The summed E-state index contributed by atoms with van der Waals surface area (Å²) in [4.78, 5) is 8.19. The van der Waals surface area contributed by atoms with Crippen LogP contribution in [0.1, 0.15) is 18.2 Å². The van der Waals surface area contributed by atoms with Crippen molar-refractivity contribution in [1.29, 1.82) is 0 Å². The monoisotopic (exact) mass is 279 g/mol. The van der Waals surface area contributed by atoms with Gasteiger partial charge >= 0.3 is 6.01 Å². The topological polar surface area (TPSA) is 47.0 Å². The van der Waals surface area contributed by atoms with Gasteiger partial charge in [-0.3, -0.25) is 0 Å². The zero-order chi connectivity index (χ0) is 14.5. The van der Waals surface area contributed by atoms with E-state index in [4.69, 9.17) is 4.74 Å². The first-order valence-electron chi connectivity index (χ1n) is 6.25. The van der Waals surface area contributed by atoms with Crippen molar-refractivity contribution in [3.63, 3.8) is 0 Å². The SMILES string of the molecule is CCNCc1cnc(Oc2cc(F)cc(F)c2)nc1C. The van der Waals surface area contributed by atoms with Gasteiger partial charge in [0.05, 0.1) is 0 Å². The van der Waals surface area contributed by atoms with E-state index in [1.165, 1.54) is 0 Å². The first-order valence-corrected chi connectivity index (χ1v) is 6.25. The van der Waals surface area contributed by atoms with Crippen LogP contribution in [0.3, 0.4) is 0 Å². The van der Waals surface area contributed by atoms with E-state index in [1.807, 2.05) is 13.8 Å². The van der Waals surface area contributed by atoms with Gasteiger partial charge in [-0.05, 0) is 13.5 Å². The number of benzene rings is 1. The second-order valence-electron chi connectivity index (χ2n) is 4.25. The van der Waals surface area contributed by atoms with E-state index in [1.54, 1.807) is 6.20 Å². The van der Waals surface area contributed by atoms with Crippen molar-refractivity contribution < 1.29 is 13.5 Å². The predicted molar refractivity (Wildman–Crippen MR) is 70.6 cm³/mol. The van der Waals surface area contributed by atoms with Crippen LogP contribution >= 0.6 is 0 Å². The normalized spacial score (nSPS) is 10.6. The maximum Gasteiger partial charge on any atom is 0.322 e. The molecule has 0 radical (unpaired) electrons. The number of nitrogens with zero attached hydrogens (tertiary/aromatic N) is 2. The highest BCUT2D eigenvalue weighted by Crippen LogP contribution is 2.21. The van der Waals surface area contributed by atoms with Crippen LogP contribution in [0.2, 0.25) is 0 Å². The minimum absolute atomic E-state index is 0.0290. The van der Waals surface area contributed by atoms with Crippen molar-refractivity contribution in [2.45, 2.75) is 20.4 Å². The largest absolute Gasteiger partial charge is 0.424 e. The summed E-state index contributed by atoms with van der Waals surface area (Å²) in [5.74, 6) is -1.39. The van der Waals surface area contributed by atoms with Gasteiger partial charge in [-0.25, -0.2) is 13.8 Å². The lowest BCUT2D eigenvalue weighted by Gasteiger charge is -2.08. The van der Waals surface area contributed by atoms with Gasteiger partial charge in [0, 0.05) is 42.2 Å². The van der Waals surface area contributed by atoms with Gasteiger partial charge in [0.1, 0.15) is 17.4 Å². The number of hydrogen-bond donors (Lipinski definition) is 1. The molecule has 0 aliphatic carbocycles. The van der Waals surface area contributed by atoms with Gasteiger partial charge in [-0.1, -0.05) is 6.92 Å². The summed E-state index contributed by atoms with van der Waals surface area (Å²) in [6, 6.07) is 2.99. The molecule has 2 aromatic rings. The molecule has 2 rings (SSSR count). The van der Waals surface area contributed by atoms with Crippen LogP contribution in [0.25, 0.3) is 0 Å². The van der Waals surface area contributed by atoms with Gasteiger partial charge in [0.2, 0.25) is 0 Å². The molecule has 0 unspecified atom stereocenters. The van der Waals surface area contributed by atoms with Crippen molar-refractivity contribution in [2.75, 3.05) is 6.54 Å². The third kappa shape index (κ3) is 3.71. The quantitative estimate of drug-likeness (QED) is 0.914. The Morgan fingerprint density at radius 2 is 1.90 bits per heavy atom. The minimum atomic E-state index is -0.708. The van der Waals surface area contributed by atoms with Crippen LogP contribution in [-0.2, 0) is 6.54 Å². The molecule has 0 amide bonds. The van der Waals surface area contributed by atoms with Crippen LogP contribution in [-0.4, -0.2) is 16.5 Å². The second-order valence-corrected chi connectivity index (χ2v) is 4.25. The molecule has 0 spiro atoms. The molecule has 6 heteroatoms. The molecule has 1 heterocycles. The number of nitrogens with one attached hydrogen (secondary N) is 1. The van der Waals surface area contributed by atoms with Gasteiger partial charge in [0.15, 0.2) is 0 Å².